The van der Waals surface area contributed by atoms with Gasteiger partial charge in [0.2, 0.25) is 5.56 Å². The summed E-state index contributed by atoms with van der Waals surface area (Å²) in [6.45, 7) is 3.97. The summed E-state index contributed by atoms with van der Waals surface area (Å²) in [4.78, 5) is 38.7. The van der Waals surface area contributed by atoms with Gasteiger partial charge in [0.25, 0.3) is 5.91 Å². The molecule has 8 nitrogen and oxygen atoms in total. The van der Waals surface area contributed by atoms with Crippen molar-refractivity contribution in [3.8, 4) is 5.69 Å². The van der Waals surface area contributed by atoms with Gasteiger partial charge in [-0.3, -0.25) is 9.59 Å². The van der Waals surface area contributed by atoms with E-state index in [0.717, 1.165) is 17.1 Å². The number of alkyl halides is 3. The first-order valence-corrected chi connectivity index (χ1v) is 8.40. The molecule has 0 saturated heterocycles. The molecule has 0 unspecified atom stereocenters. The highest BCUT2D eigenvalue weighted by molar-refractivity contribution is 6.04. The third-order valence-corrected chi connectivity index (χ3v) is 3.94. The maximum absolute atomic E-state index is 12.1. The lowest BCUT2D eigenvalue weighted by molar-refractivity contribution is -0.192. The first-order valence-electron chi connectivity index (χ1n) is 8.40. The lowest BCUT2D eigenvalue weighted by Crippen LogP contribution is -2.21. The number of aromatic amines is 1. The second kappa shape index (κ2) is 9.07. The molecule has 0 spiro atoms. The molecule has 1 aromatic carbocycles. The number of carbonyl (C=O) groups excluding carboxylic acids is 1. The van der Waals surface area contributed by atoms with Crippen LogP contribution in [0.5, 0.6) is 0 Å². The van der Waals surface area contributed by atoms with Crippen LogP contribution < -0.4 is 10.9 Å². The van der Waals surface area contributed by atoms with Crippen LogP contribution in [0.25, 0.3) is 5.69 Å². The van der Waals surface area contributed by atoms with E-state index in [9.17, 15) is 22.8 Å². The first-order chi connectivity index (χ1) is 14.0. The molecule has 11 heteroatoms. The summed E-state index contributed by atoms with van der Waals surface area (Å²) >= 11 is 0. The third-order valence-electron chi connectivity index (χ3n) is 3.94. The largest absolute Gasteiger partial charge is 0.490 e. The molecule has 0 fully saturated rings. The van der Waals surface area contributed by atoms with E-state index < -0.39 is 12.1 Å². The van der Waals surface area contributed by atoms with Crippen LogP contribution in [0.2, 0.25) is 0 Å². The van der Waals surface area contributed by atoms with Gasteiger partial charge in [-0.15, -0.1) is 0 Å². The van der Waals surface area contributed by atoms with Crippen LogP contribution in [0.3, 0.4) is 0 Å². The summed E-state index contributed by atoms with van der Waals surface area (Å²) in [6.07, 6.45) is -1.91. The minimum absolute atomic E-state index is 0.239. The Morgan fingerprint density at radius 3 is 2.13 bits per heavy atom. The number of amides is 1. The maximum Gasteiger partial charge on any atom is 0.490 e. The van der Waals surface area contributed by atoms with E-state index in [2.05, 4.69) is 15.3 Å². The molecule has 0 aliphatic rings. The Bertz CT molecular complexity index is 1080. The van der Waals surface area contributed by atoms with Crippen LogP contribution in [-0.4, -0.2) is 37.7 Å². The second-order valence-electron chi connectivity index (χ2n) is 6.03. The van der Waals surface area contributed by atoms with Gasteiger partial charge in [-0.1, -0.05) is 0 Å². The number of halogens is 3. The lowest BCUT2D eigenvalue weighted by atomic mass is 10.2. The van der Waals surface area contributed by atoms with Gasteiger partial charge in [-0.2, -0.15) is 13.2 Å². The van der Waals surface area contributed by atoms with Gasteiger partial charge < -0.3 is 20.0 Å². The summed E-state index contributed by atoms with van der Waals surface area (Å²) < 4.78 is 33.7. The Labute approximate surface area is 168 Å². The van der Waals surface area contributed by atoms with E-state index in [-0.39, 0.29) is 11.5 Å². The number of hydrogen-bond donors (Lipinski definition) is 3. The molecule has 0 aliphatic carbocycles. The number of pyridine rings is 1. The van der Waals surface area contributed by atoms with E-state index >= 15 is 0 Å². The van der Waals surface area contributed by atoms with Crippen molar-refractivity contribution < 1.29 is 27.9 Å². The lowest BCUT2D eigenvalue weighted by Gasteiger charge is -2.08. The van der Waals surface area contributed by atoms with E-state index in [1.54, 1.807) is 6.33 Å². The monoisotopic (exact) mass is 422 g/mol. The number of rotatable bonds is 3. The minimum atomic E-state index is -5.08. The number of benzene rings is 1. The van der Waals surface area contributed by atoms with Crippen LogP contribution >= 0.6 is 0 Å². The smallest absolute Gasteiger partial charge is 0.475 e. The molecular weight excluding hydrogens is 405 g/mol. The second-order valence-corrected chi connectivity index (χ2v) is 6.03. The van der Waals surface area contributed by atoms with Crippen LogP contribution in [0.1, 0.15) is 21.7 Å². The summed E-state index contributed by atoms with van der Waals surface area (Å²) in [7, 11) is 0. The van der Waals surface area contributed by atoms with Crippen molar-refractivity contribution >= 4 is 17.6 Å². The number of carboxylic acid groups (broad SMARTS) is 1. The molecule has 2 heterocycles. The molecule has 0 saturated carbocycles. The Kier molecular flexibility index (Phi) is 6.77. The number of aromatic nitrogens is 3. The van der Waals surface area contributed by atoms with Gasteiger partial charge in [0, 0.05) is 29.3 Å². The number of anilines is 1. The number of hydrogen-bond acceptors (Lipinski definition) is 4. The van der Waals surface area contributed by atoms with Gasteiger partial charge in [-0.25, -0.2) is 9.78 Å². The highest BCUT2D eigenvalue weighted by atomic mass is 19.4. The molecule has 3 rings (SSSR count). The van der Waals surface area contributed by atoms with E-state index in [0.29, 0.717) is 11.3 Å². The highest BCUT2D eigenvalue weighted by Crippen LogP contribution is 2.17. The molecule has 2 aromatic heterocycles. The Morgan fingerprint density at radius 2 is 1.70 bits per heavy atom. The van der Waals surface area contributed by atoms with Crippen LogP contribution in [0, 0.1) is 13.8 Å². The maximum atomic E-state index is 12.1. The number of aliphatic carboxylic acids is 1. The van der Waals surface area contributed by atoms with Gasteiger partial charge in [-0.05, 0) is 44.2 Å². The first kappa shape index (κ1) is 22.4. The Balaban J connectivity index is 0.000000396. The zero-order chi connectivity index (χ0) is 22.5. The SMILES string of the molecule is Cc1ncn(-c2ccc(NC(=O)c3ccc(=O)[nH]c3)cc2)c1C.O=C(O)C(F)(F)F. The van der Waals surface area contributed by atoms with Crippen molar-refractivity contribution in [3.63, 3.8) is 0 Å². The van der Waals surface area contributed by atoms with Crippen molar-refractivity contribution in [2.75, 3.05) is 5.32 Å². The molecule has 0 radical (unpaired) electrons. The number of aryl methyl sites for hydroxylation is 1. The third kappa shape index (κ3) is 5.80. The molecule has 1 amide bonds. The van der Waals surface area contributed by atoms with Crippen molar-refractivity contribution in [2.24, 2.45) is 0 Å². The summed E-state index contributed by atoms with van der Waals surface area (Å²) in [5.74, 6) is -3.03. The highest BCUT2D eigenvalue weighted by Gasteiger charge is 2.38. The number of carbonyl (C=O) groups is 2. The van der Waals surface area contributed by atoms with E-state index in [1.165, 1.54) is 18.3 Å². The quantitative estimate of drug-likeness (QED) is 0.600. The fraction of sp³-hybridized carbons (Fsp3) is 0.158. The average Bonchev–Trinajstić information content (AvgIpc) is 3.01. The number of nitrogens with one attached hydrogen (secondary N) is 2. The molecule has 0 aliphatic heterocycles. The molecule has 0 atom stereocenters. The molecule has 158 valence electrons. The molecular formula is C19H17F3N4O4. The summed E-state index contributed by atoms with van der Waals surface area (Å²) in [5, 5.41) is 9.92. The Morgan fingerprint density at radius 1 is 1.10 bits per heavy atom. The fourth-order valence-electron chi connectivity index (χ4n) is 2.22. The Hall–Kier alpha value is -3.89. The molecule has 3 N–H and O–H groups in total. The number of imidazole rings is 1. The number of nitrogens with zero attached hydrogens (tertiary/aromatic N) is 2. The van der Waals surface area contributed by atoms with Crippen LogP contribution in [0.4, 0.5) is 18.9 Å². The zero-order valence-corrected chi connectivity index (χ0v) is 15.8. The topological polar surface area (TPSA) is 117 Å². The van der Waals surface area contributed by atoms with Crippen molar-refractivity contribution in [1.29, 1.82) is 0 Å². The van der Waals surface area contributed by atoms with Gasteiger partial charge in [0.1, 0.15) is 0 Å². The molecule has 0 bridgehead atoms. The predicted molar refractivity (Wildman–Crippen MR) is 102 cm³/mol. The zero-order valence-electron chi connectivity index (χ0n) is 15.8. The normalized spacial score (nSPS) is 10.7. The van der Waals surface area contributed by atoms with Crippen LogP contribution in [0.15, 0.2) is 53.7 Å². The van der Waals surface area contributed by atoms with Crippen molar-refractivity contribution in [2.45, 2.75) is 20.0 Å². The van der Waals surface area contributed by atoms with Gasteiger partial charge in [0.05, 0.1) is 17.6 Å². The van der Waals surface area contributed by atoms with Gasteiger partial charge >= 0.3 is 12.1 Å². The van der Waals surface area contributed by atoms with Crippen molar-refractivity contribution in [1.82, 2.24) is 14.5 Å². The number of carboxylic acids is 1. The standard InChI is InChI=1S/C17H16N4O2.C2HF3O2/c1-11-12(2)21(10-19-11)15-6-4-14(5-7-15)20-17(23)13-3-8-16(22)18-9-13;3-2(4,5)1(6)7/h3-10H,1-2H3,(H,18,22)(H,20,23);(H,6,7). The summed E-state index contributed by atoms with van der Waals surface area (Å²) in [5.41, 5.74) is 3.88. The van der Waals surface area contributed by atoms with Crippen LogP contribution in [-0.2, 0) is 4.79 Å². The van der Waals surface area contributed by atoms with E-state index in [4.69, 9.17) is 9.90 Å². The van der Waals surface area contributed by atoms with Crippen molar-refractivity contribution in [3.05, 3.63) is 76.2 Å². The minimum Gasteiger partial charge on any atom is -0.475 e. The van der Waals surface area contributed by atoms with Gasteiger partial charge in [0.15, 0.2) is 0 Å². The fourth-order valence-corrected chi connectivity index (χ4v) is 2.22. The predicted octanol–water partition coefficient (Wildman–Crippen LogP) is 3.06. The summed E-state index contributed by atoms with van der Waals surface area (Å²) in [6, 6.07) is 10.3. The number of H-pyrrole nitrogens is 1. The molecule has 30 heavy (non-hydrogen) atoms. The van der Waals surface area contributed by atoms with E-state index in [1.807, 2.05) is 42.7 Å². The average molecular weight is 422 g/mol. The molecule has 3 aromatic rings.